The van der Waals surface area contributed by atoms with E-state index in [1.54, 1.807) is 6.07 Å². The molecule has 4 N–H and O–H groups in total. The van der Waals surface area contributed by atoms with Crippen molar-refractivity contribution in [1.82, 2.24) is 15.2 Å². The molecule has 7 heteroatoms. The first kappa shape index (κ1) is 17.7. The summed E-state index contributed by atoms with van der Waals surface area (Å²) in [5.41, 5.74) is 7.68. The van der Waals surface area contributed by atoms with E-state index in [0.29, 0.717) is 6.42 Å². The molecule has 2 atom stereocenters. The highest BCUT2D eigenvalue weighted by Crippen LogP contribution is 2.22. The van der Waals surface area contributed by atoms with Crippen LogP contribution in [0, 0.1) is 0 Å². The number of likely N-dealkylation sites (tertiary alicyclic amines) is 1. The summed E-state index contributed by atoms with van der Waals surface area (Å²) in [7, 11) is 0. The summed E-state index contributed by atoms with van der Waals surface area (Å²) in [5, 5.41) is 2.83. The number of aryl methyl sites for hydroxylation is 2. The maximum absolute atomic E-state index is 13.0. The zero-order valence-corrected chi connectivity index (χ0v) is 14.8. The summed E-state index contributed by atoms with van der Waals surface area (Å²) in [6.45, 7) is 4.02. The second kappa shape index (κ2) is 7.00. The number of rotatable bonds is 3. The minimum atomic E-state index is -0.625. The van der Waals surface area contributed by atoms with E-state index in [2.05, 4.69) is 10.3 Å². The van der Waals surface area contributed by atoms with Gasteiger partial charge in [0.15, 0.2) is 0 Å². The number of hydrogen-bond acceptors (Lipinski definition) is 4. The maximum Gasteiger partial charge on any atom is 0.261 e. The van der Waals surface area contributed by atoms with Gasteiger partial charge < -0.3 is 20.9 Å². The van der Waals surface area contributed by atoms with Gasteiger partial charge in [-0.15, -0.1) is 0 Å². The van der Waals surface area contributed by atoms with Crippen LogP contribution in [-0.2, 0) is 17.6 Å². The summed E-state index contributed by atoms with van der Waals surface area (Å²) < 4.78 is 0. The van der Waals surface area contributed by atoms with Gasteiger partial charge in [-0.3, -0.25) is 14.4 Å². The first-order chi connectivity index (χ1) is 11.9. The van der Waals surface area contributed by atoms with Gasteiger partial charge in [-0.1, -0.05) is 0 Å². The Labute approximate surface area is 147 Å². The quantitative estimate of drug-likeness (QED) is 0.732. The minimum absolute atomic E-state index is 0.0200. The molecule has 0 spiro atoms. The normalized spacial score (nSPS) is 22.8. The van der Waals surface area contributed by atoms with Gasteiger partial charge in [0.25, 0.3) is 11.5 Å². The Morgan fingerprint density at radius 3 is 2.76 bits per heavy atom. The Kier molecular flexibility index (Phi) is 4.94. The molecule has 1 aliphatic heterocycles. The number of aromatic amines is 1. The van der Waals surface area contributed by atoms with Gasteiger partial charge in [0.05, 0.1) is 0 Å². The van der Waals surface area contributed by atoms with Gasteiger partial charge in [0.1, 0.15) is 11.6 Å². The van der Waals surface area contributed by atoms with Crippen molar-refractivity contribution in [2.75, 3.05) is 6.54 Å². The van der Waals surface area contributed by atoms with Crippen molar-refractivity contribution in [2.24, 2.45) is 5.73 Å². The zero-order chi connectivity index (χ0) is 18.1. The number of aromatic nitrogens is 1. The Morgan fingerprint density at radius 2 is 2.04 bits per heavy atom. The third-order valence-electron chi connectivity index (χ3n) is 4.90. The molecule has 136 valence electrons. The van der Waals surface area contributed by atoms with Gasteiger partial charge in [0.2, 0.25) is 5.91 Å². The lowest BCUT2D eigenvalue weighted by atomic mass is 9.95. The van der Waals surface area contributed by atoms with Crippen molar-refractivity contribution in [2.45, 2.75) is 64.1 Å². The minimum Gasteiger partial charge on any atom is -0.352 e. The lowest BCUT2D eigenvalue weighted by molar-refractivity contribution is -0.125. The first-order valence-electron chi connectivity index (χ1n) is 8.98. The number of carbonyl (C=O) groups excluding carboxylic acids is 2. The smallest absolute Gasteiger partial charge is 0.261 e. The molecule has 0 bridgehead atoms. The van der Waals surface area contributed by atoms with Crippen LogP contribution < -0.4 is 16.6 Å². The van der Waals surface area contributed by atoms with Crippen molar-refractivity contribution >= 4 is 11.8 Å². The molecule has 0 radical (unpaired) electrons. The molecule has 25 heavy (non-hydrogen) atoms. The van der Waals surface area contributed by atoms with Crippen LogP contribution >= 0.6 is 0 Å². The average Bonchev–Trinajstić information content (AvgIpc) is 2.95. The summed E-state index contributed by atoms with van der Waals surface area (Å²) in [6, 6.07) is 0.800. The average molecular weight is 346 g/mol. The largest absolute Gasteiger partial charge is 0.352 e. The summed E-state index contributed by atoms with van der Waals surface area (Å²) >= 11 is 0. The summed E-state index contributed by atoms with van der Waals surface area (Å²) in [5.74, 6) is -0.628. The Balaban J connectivity index is 1.88. The van der Waals surface area contributed by atoms with Crippen molar-refractivity contribution in [3.8, 4) is 0 Å². The number of pyridine rings is 1. The van der Waals surface area contributed by atoms with Crippen molar-refractivity contribution in [1.29, 1.82) is 0 Å². The number of hydrogen-bond donors (Lipinski definition) is 3. The maximum atomic E-state index is 13.0. The highest BCUT2D eigenvalue weighted by atomic mass is 16.2. The van der Waals surface area contributed by atoms with Crippen molar-refractivity contribution in [3.63, 3.8) is 0 Å². The number of nitrogens with one attached hydrogen (secondary N) is 2. The summed E-state index contributed by atoms with van der Waals surface area (Å²) in [6.07, 6.45) is 4.22. The Bertz CT molecular complexity index is 740. The number of nitrogens with two attached hydrogens (primary N) is 1. The van der Waals surface area contributed by atoms with E-state index in [4.69, 9.17) is 5.73 Å². The predicted octanol–water partition coefficient (Wildman–Crippen LogP) is 0.320. The van der Waals surface area contributed by atoms with Crippen LogP contribution in [0.1, 0.15) is 54.7 Å². The molecular weight excluding hydrogens is 320 g/mol. The lowest BCUT2D eigenvalue weighted by Crippen LogP contribution is -2.48. The van der Waals surface area contributed by atoms with Gasteiger partial charge >= 0.3 is 0 Å². The number of amides is 2. The molecule has 1 aliphatic carbocycles. The van der Waals surface area contributed by atoms with Crippen molar-refractivity contribution in [3.05, 3.63) is 33.2 Å². The molecule has 0 unspecified atom stereocenters. The second-order valence-electron chi connectivity index (χ2n) is 7.36. The van der Waals surface area contributed by atoms with Crippen LogP contribution in [0.15, 0.2) is 10.9 Å². The van der Waals surface area contributed by atoms with E-state index >= 15 is 0 Å². The third kappa shape index (κ3) is 3.61. The number of nitrogens with zero attached hydrogens (tertiary/aromatic N) is 1. The molecule has 0 saturated carbocycles. The van der Waals surface area contributed by atoms with Gasteiger partial charge in [-0.2, -0.15) is 0 Å². The molecule has 2 heterocycles. The molecular formula is C18H26N4O3. The van der Waals surface area contributed by atoms with Crippen LogP contribution in [0.25, 0.3) is 0 Å². The van der Waals surface area contributed by atoms with Crippen LogP contribution in [0.4, 0.5) is 0 Å². The molecule has 1 saturated heterocycles. The van der Waals surface area contributed by atoms with Crippen LogP contribution in [-0.4, -0.2) is 46.4 Å². The molecule has 1 fully saturated rings. The topological polar surface area (TPSA) is 108 Å². The highest BCUT2D eigenvalue weighted by molar-refractivity contribution is 5.98. The second-order valence-corrected chi connectivity index (χ2v) is 7.36. The first-order valence-corrected chi connectivity index (χ1v) is 8.98. The third-order valence-corrected chi connectivity index (χ3v) is 4.90. The number of fused-ring (bicyclic) bond motifs is 1. The molecule has 2 amide bonds. The van der Waals surface area contributed by atoms with E-state index in [0.717, 1.165) is 36.9 Å². The van der Waals surface area contributed by atoms with Crippen LogP contribution in [0.3, 0.4) is 0 Å². The van der Waals surface area contributed by atoms with Crippen LogP contribution in [0.5, 0.6) is 0 Å². The molecule has 7 nitrogen and oxygen atoms in total. The molecule has 0 aromatic carbocycles. The fraction of sp³-hybridized carbons (Fsp3) is 0.611. The fourth-order valence-corrected chi connectivity index (χ4v) is 3.71. The van der Waals surface area contributed by atoms with Crippen molar-refractivity contribution < 1.29 is 9.59 Å². The number of carbonyl (C=O) groups is 2. The summed E-state index contributed by atoms with van der Waals surface area (Å²) in [4.78, 5) is 42.1. The van der Waals surface area contributed by atoms with E-state index in [1.165, 1.54) is 4.90 Å². The van der Waals surface area contributed by atoms with Gasteiger partial charge in [-0.05, 0) is 57.6 Å². The zero-order valence-electron chi connectivity index (χ0n) is 14.8. The fourth-order valence-electron chi connectivity index (χ4n) is 3.71. The van der Waals surface area contributed by atoms with Gasteiger partial charge in [-0.25, -0.2) is 0 Å². The molecule has 1 aromatic heterocycles. The van der Waals surface area contributed by atoms with Gasteiger partial charge in [0, 0.05) is 24.3 Å². The highest BCUT2D eigenvalue weighted by Gasteiger charge is 2.39. The van der Waals surface area contributed by atoms with E-state index in [-0.39, 0.29) is 35.7 Å². The van der Waals surface area contributed by atoms with E-state index < -0.39 is 11.9 Å². The van der Waals surface area contributed by atoms with E-state index in [1.807, 2.05) is 13.8 Å². The lowest BCUT2D eigenvalue weighted by Gasteiger charge is -2.25. The SMILES string of the molecule is CC(C)NC(=O)[C@@H]1C[C@@H](N)CN1C(=O)c1cc2c([nH]c1=O)CCCC2. The standard InChI is InChI=1S/C18H26N4O3/c1-10(2)20-17(24)15-8-12(19)9-22(15)18(25)13-7-11-5-3-4-6-14(11)21-16(13)23/h7,10,12,15H,3-6,8-9,19H2,1-2H3,(H,20,24)(H,21,23)/t12-,15+/m1/s1. The molecule has 1 aromatic rings. The Hall–Kier alpha value is -2.15. The molecule has 2 aliphatic rings. The monoisotopic (exact) mass is 346 g/mol. The van der Waals surface area contributed by atoms with Crippen LogP contribution in [0.2, 0.25) is 0 Å². The van der Waals surface area contributed by atoms with E-state index in [9.17, 15) is 14.4 Å². The molecule has 3 rings (SSSR count). The number of H-pyrrole nitrogens is 1. The predicted molar refractivity (Wildman–Crippen MR) is 94.4 cm³/mol. The Morgan fingerprint density at radius 1 is 1.32 bits per heavy atom.